The molecule has 1 aliphatic rings. The predicted octanol–water partition coefficient (Wildman–Crippen LogP) is 3.07. The number of imidazole rings is 1. The summed E-state index contributed by atoms with van der Waals surface area (Å²) in [6, 6.07) is 1.54. The molecule has 0 spiro atoms. The van der Waals surface area contributed by atoms with Crippen LogP contribution in [0.15, 0.2) is 36.9 Å². The molecule has 0 atom stereocenters. The molecule has 3 aromatic rings. The number of rotatable bonds is 2. The average molecular weight is 309 g/mol. The van der Waals surface area contributed by atoms with Crippen molar-refractivity contribution in [2.75, 3.05) is 12.4 Å². The van der Waals surface area contributed by atoms with Crippen LogP contribution in [0.5, 0.6) is 0 Å². The first kappa shape index (κ1) is 13.9. The third kappa shape index (κ3) is 2.36. The van der Waals surface area contributed by atoms with Gasteiger partial charge in [-0.3, -0.25) is 0 Å². The molecule has 0 saturated carbocycles. The Hall–Kier alpha value is -2.76. The van der Waals surface area contributed by atoms with Crippen LogP contribution in [0.1, 0.15) is 29.7 Å². The van der Waals surface area contributed by atoms with Gasteiger partial charge in [-0.25, -0.2) is 19.3 Å². The molecule has 3 aromatic heterocycles. The van der Waals surface area contributed by atoms with Crippen LogP contribution >= 0.6 is 0 Å². The molecule has 0 aliphatic heterocycles. The van der Waals surface area contributed by atoms with Crippen LogP contribution in [0, 0.1) is 5.82 Å². The van der Waals surface area contributed by atoms with E-state index >= 15 is 0 Å². The van der Waals surface area contributed by atoms with E-state index in [0.29, 0.717) is 11.6 Å². The maximum Gasteiger partial charge on any atom is 0.222 e. The molecular formula is C17H16FN5. The lowest BCUT2D eigenvalue weighted by Gasteiger charge is -2.12. The van der Waals surface area contributed by atoms with E-state index in [2.05, 4.69) is 26.3 Å². The van der Waals surface area contributed by atoms with Crippen molar-refractivity contribution in [2.24, 2.45) is 0 Å². The molecule has 116 valence electrons. The highest BCUT2D eigenvalue weighted by Crippen LogP contribution is 2.30. The van der Waals surface area contributed by atoms with Crippen molar-refractivity contribution < 1.29 is 4.39 Å². The Bertz CT molecular complexity index is 912. The highest BCUT2D eigenvalue weighted by molar-refractivity contribution is 5.81. The highest BCUT2D eigenvalue weighted by Gasteiger charge is 2.17. The largest absolute Gasteiger partial charge is 0.357 e. The van der Waals surface area contributed by atoms with Crippen molar-refractivity contribution in [1.29, 1.82) is 0 Å². The molecule has 0 fully saturated rings. The molecule has 0 unspecified atom stereocenters. The van der Waals surface area contributed by atoms with Gasteiger partial charge in [0.1, 0.15) is 0 Å². The van der Waals surface area contributed by atoms with E-state index in [1.165, 1.54) is 6.07 Å². The van der Waals surface area contributed by atoms with Gasteiger partial charge < -0.3 is 9.72 Å². The fourth-order valence-electron chi connectivity index (χ4n) is 2.99. The number of pyridine rings is 1. The summed E-state index contributed by atoms with van der Waals surface area (Å²) >= 11 is 0. The molecule has 0 bridgehead atoms. The lowest BCUT2D eigenvalue weighted by molar-refractivity contribution is 0.629. The van der Waals surface area contributed by atoms with E-state index in [0.717, 1.165) is 41.7 Å². The maximum absolute atomic E-state index is 14.3. The van der Waals surface area contributed by atoms with Crippen molar-refractivity contribution in [3.05, 3.63) is 59.6 Å². The molecule has 5 nitrogen and oxygen atoms in total. The standard InChI is InChI=1S/C17H16FN5/c1-19-17-21-9-13-12(4-2-3-5-15(13)22-17)11-8-14(18)16-20-6-7-23(16)10-11/h4,6-10H,2-3,5H2,1H3,(H,19,21,22). The lowest BCUT2D eigenvalue weighted by atomic mass is 9.99. The van der Waals surface area contributed by atoms with Crippen LogP contribution in [0.2, 0.25) is 0 Å². The Morgan fingerprint density at radius 2 is 2.22 bits per heavy atom. The summed E-state index contributed by atoms with van der Waals surface area (Å²) < 4.78 is 16.0. The van der Waals surface area contributed by atoms with Gasteiger partial charge in [0, 0.05) is 43.0 Å². The van der Waals surface area contributed by atoms with Gasteiger partial charge in [-0.1, -0.05) is 6.08 Å². The molecule has 23 heavy (non-hydrogen) atoms. The molecule has 4 rings (SSSR count). The van der Waals surface area contributed by atoms with Crippen molar-refractivity contribution in [2.45, 2.75) is 19.3 Å². The minimum Gasteiger partial charge on any atom is -0.357 e. The van der Waals surface area contributed by atoms with Crippen molar-refractivity contribution in [3.8, 4) is 0 Å². The van der Waals surface area contributed by atoms with Crippen molar-refractivity contribution >= 4 is 17.2 Å². The van der Waals surface area contributed by atoms with Gasteiger partial charge >= 0.3 is 0 Å². The Labute approximate surface area is 132 Å². The van der Waals surface area contributed by atoms with Gasteiger partial charge in [-0.15, -0.1) is 0 Å². The molecule has 0 amide bonds. The summed E-state index contributed by atoms with van der Waals surface area (Å²) in [7, 11) is 1.80. The van der Waals surface area contributed by atoms with Gasteiger partial charge in [-0.05, 0) is 30.9 Å². The molecule has 1 aliphatic carbocycles. The predicted molar refractivity (Wildman–Crippen MR) is 86.7 cm³/mol. The maximum atomic E-state index is 14.3. The Morgan fingerprint density at radius 1 is 1.30 bits per heavy atom. The molecule has 0 radical (unpaired) electrons. The summed E-state index contributed by atoms with van der Waals surface area (Å²) in [6.45, 7) is 0. The summed E-state index contributed by atoms with van der Waals surface area (Å²) in [5.74, 6) is 0.285. The first-order valence-corrected chi connectivity index (χ1v) is 7.63. The Morgan fingerprint density at radius 3 is 3.09 bits per heavy atom. The topological polar surface area (TPSA) is 55.1 Å². The molecule has 1 N–H and O–H groups in total. The van der Waals surface area contributed by atoms with E-state index in [1.807, 2.05) is 12.4 Å². The zero-order chi connectivity index (χ0) is 15.8. The van der Waals surface area contributed by atoms with Crippen LogP contribution in [0.3, 0.4) is 0 Å². The van der Waals surface area contributed by atoms with Crippen LogP contribution < -0.4 is 5.32 Å². The lowest BCUT2D eigenvalue weighted by Crippen LogP contribution is -2.04. The van der Waals surface area contributed by atoms with Crippen molar-refractivity contribution in [3.63, 3.8) is 0 Å². The highest BCUT2D eigenvalue weighted by atomic mass is 19.1. The van der Waals surface area contributed by atoms with Crippen LogP contribution in [-0.4, -0.2) is 26.4 Å². The number of allylic oxidation sites excluding steroid dienone is 1. The number of anilines is 1. The zero-order valence-electron chi connectivity index (χ0n) is 12.8. The minimum atomic E-state index is -0.327. The molecular weight excluding hydrogens is 293 g/mol. The summed E-state index contributed by atoms with van der Waals surface area (Å²) in [4.78, 5) is 12.9. The summed E-state index contributed by atoms with van der Waals surface area (Å²) in [5.41, 5.74) is 4.11. The van der Waals surface area contributed by atoms with Gasteiger partial charge in [0.25, 0.3) is 0 Å². The molecule has 6 heteroatoms. The number of halogens is 1. The van der Waals surface area contributed by atoms with Crippen molar-refractivity contribution in [1.82, 2.24) is 19.4 Å². The number of aromatic nitrogens is 4. The SMILES string of the molecule is CNc1ncc2c(n1)CCCC=C2c1cc(F)c2nccn2c1. The Balaban J connectivity index is 1.89. The fraction of sp³-hybridized carbons (Fsp3) is 0.235. The number of hydrogen-bond donors (Lipinski definition) is 1. The third-order valence-electron chi connectivity index (χ3n) is 4.10. The van der Waals surface area contributed by atoms with E-state index in [1.54, 1.807) is 23.8 Å². The average Bonchev–Trinajstić information content (AvgIpc) is 2.94. The number of aryl methyl sites for hydroxylation is 1. The van der Waals surface area contributed by atoms with Gasteiger partial charge in [-0.2, -0.15) is 0 Å². The second-order valence-corrected chi connectivity index (χ2v) is 5.55. The van der Waals surface area contributed by atoms with Crippen LogP contribution in [0.4, 0.5) is 10.3 Å². The van der Waals surface area contributed by atoms with Gasteiger partial charge in [0.2, 0.25) is 5.95 Å². The van der Waals surface area contributed by atoms with Crippen LogP contribution in [-0.2, 0) is 6.42 Å². The first-order chi connectivity index (χ1) is 11.3. The molecule has 0 aromatic carbocycles. The normalized spacial score (nSPS) is 14.3. The molecule has 3 heterocycles. The summed E-state index contributed by atoms with van der Waals surface area (Å²) in [5, 5.41) is 2.97. The van der Waals surface area contributed by atoms with Crippen LogP contribution in [0.25, 0.3) is 11.2 Å². The fourth-order valence-corrected chi connectivity index (χ4v) is 2.99. The quantitative estimate of drug-likeness (QED) is 0.790. The number of nitrogens with zero attached hydrogens (tertiary/aromatic N) is 4. The van der Waals surface area contributed by atoms with E-state index in [4.69, 9.17) is 0 Å². The monoisotopic (exact) mass is 309 g/mol. The Kier molecular flexibility index (Phi) is 3.29. The van der Waals surface area contributed by atoms with E-state index in [9.17, 15) is 4.39 Å². The van der Waals surface area contributed by atoms with Gasteiger partial charge in [0.15, 0.2) is 11.5 Å². The van der Waals surface area contributed by atoms with E-state index in [-0.39, 0.29) is 5.82 Å². The molecule has 0 saturated heterocycles. The van der Waals surface area contributed by atoms with Gasteiger partial charge in [0.05, 0.1) is 5.69 Å². The second kappa shape index (κ2) is 5.46. The zero-order valence-corrected chi connectivity index (χ0v) is 12.8. The summed E-state index contributed by atoms with van der Waals surface area (Å²) in [6.07, 6.45) is 12.1. The number of hydrogen-bond acceptors (Lipinski definition) is 4. The first-order valence-electron chi connectivity index (χ1n) is 7.63. The smallest absolute Gasteiger partial charge is 0.222 e. The minimum absolute atomic E-state index is 0.327. The third-order valence-corrected chi connectivity index (χ3v) is 4.10. The second-order valence-electron chi connectivity index (χ2n) is 5.55. The number of fused-ring (bicyclic) bond motifs is 2. The van der Waals surface area contributed by atoms with E-state index < -0.39 is 0 Å². The number of nitrogens with one attached hydrogen (secondary N) is 1.